The van der Waals surface area contributed by atoms with Gasteiger partial charge in [-0.2, -0.15) is 11.8 Å². The van der Waals surface area contributed by atoms with Crippen molar-refractivity contribution >= 4 is 49.7 Å². The molecular weight excluding hydrogens is 350 g/mol. The van der Waals surface area contributed by atoms with Crippen molar-refractivity contribution in [1.29, 1.82) is 0 Å². The number of sulfonamides is 1. The lowest BCUT2D eigenvalue weighted by Gasteiger charge is -2.06. The van der Waals surface area contributed by atoms with E-state index in [-0.39, 0.29) is 10.2 Å². The molecule has 0 aliphatic carbocycles. The van der Waals surface area contributed by atoms with E-state index in [2.05, 4.69) is 16.0 Å². The number of unbranched alkanes of at least 4 members (excludes halogenated alkanes) is 3. The number of halogens is 1. The minimum atomic E-state index is -3.62. The molecule has 0 saturated heterocycles. The van der Waals surface area contributed by atoms with Crippen molar-refractivity contribution in [2.24, 2.45) is 0 Å². The second kappa shape index (κ2) is 7.82. The topological polar surface area (TPSA) is 63.5 Å². The molecule has 2 aromatic rings. The predicted octanol–water partition coefficient (Wildman–Crippen LogP) is 3.25. The van der Waals surface area contributed by atoms with E-state index in [1.54, 1.807) is 11.6 Å². The smallest absolute Gasteiger partial charge is 0.259 e. The molecule has 0 aliphatic heterocycles. The summed E-state index contributed by atoms with van der Waals surface area (Å²) in [7, 11) is -3.62. The van der Waals surface area contributed by atoms with E-state index in [1.807, 2.05) is 11.8 Å². The Kier molecular flexibility index (Phi) is 6.36. The number of rotatable bonds is 9. The maximum Gasteiger partial charge on any atom is 0.259 e. The van der Waals surface area contributed by atoms with Crippen molar-refractivity contribution < 1.29 is 8.42 Å². The lowest BCUT2D eigenvalue weighted by atomic mass is 10.2. The van der Waals surface area contributed by atoms with E-state index in [1.165, 1.54) is 22.2 Å². The second-order valence-corrected chi connectivity index (χ2v) is 8.47. The van der Waals surface area contributed by atoms with Crippen LogP contribution in [0, 0.1) is 0 Å². The van der Waals surface area contributed by atoms with E-state index in [0.29, 0.717) is 11.5 Å². The molecule has 118 valence electrons. The number of hydrogen-bond acceptors (Lipinski definition) is 5. The van der Waals surface area contributed by atoms with Crippen LogP contribution >= 0.6 is 34.7 Å². The van der Waals surface area contributed by atoms with Crippen LogP contribution in [0.3, 0.4) is 0 Å². The normalized spacial score (nSPS) is 12.3. The molecule has 0 unspecified atom stereocenters. The van der Waals surface area contributed by atoms with Gasteiger partial charge in [-0.25, -0.2) is 18.1 Å². The zero-order valence-electron chi connectivity index (χ0n) is 11.7. The average Bonchev–Trinajstić information content (AvgIpc) is 2.96. The van der Waals surface area contributed by atoms with Crippen LogP contribution in [0.4, 0.5) is 0 Å². The van der Waals surface area contributed by atoms with Crippen molar-refractivity contribution in [3.05, 3.63) is 16.7 Å². The highest BCUT2D eigenvalue weighted by Gasteiger charge is 2.24. The van der Waals surface area contributed by atoms with Crippen molar-refractivity contribution in [3.63, 3.8) is 0 Å². The van der Waals surface area contributed by atoms with Crippen LogP contribution in [0.2, 0.25) is 5.15 Å². The number of thiazole rings is 1. The lowest BCUT2D eigenvalue weighted by Crippen LogP contribution is -2.26. The number of hydrogen-bond donors (Lipinski definition) is 1. The minimum absolute atomic E-state index is 0.0225. The van der Waals surface area contributed by atoms with E-state index in [0.717, 1.165) is 25.0 Å². The molecule has 0 aromatic carbocycles. The highest BCUT2D eigenvalue weighted by molar-refractivity contribution is 7.98. The highest BCUT2D eigenvalue weighted by Crippen LogP contribution is 2.25. The molecule has 2 aromatic heterocycles. The van der Waals surface area contributed by atoms with Gasteiger partial charge in [-0.15, -0.1) is 11.3 Å². The molecule has 2 rings (SSSR count). The Morgan fingerprint density at radius 3 is 2.90 bits per heavy atom. The van der Waals surface area contributed by atoms with Crippen LogP contribution in [0.25, 0.3) is 4.96 Å². The first-order valence-electron chi connectivity index (χ1n) is 6.66. The van der Waals surface area contributed by atoms with E-state index in [4.69, 9.17) is 11.6 Å². The van der Waals surface area contributed by atoms with Gasteiger partial charge in [0.1, 0.15) is 0 Å². The van der Waals surface area contributed by atoms with Gasteiger partial charge < -0.3 is 0 Å². The molecule has 9 heteroatoms. The summed E-state index contributed by atoms with van der Waals surface area (Å²) in [6.45, 7) is 0.426. The molecular formula is C12H18ClN3O2S3. The Morgan fingerprint density at radius 1 is 1.38 bits per heavy atom. The second-order valence-electron chi connectivity index (χ2n) is 4.57. The first-order chi connectivity index (χ1) is 10.1. The van der Waals surface area contributed by atoms with Crippen molar-refractivity contribution in [1.82, 2.24) is 14.1 Å². The third-order valence-corrected chi connectivity index (χ3v) is 6.31. The van der Waals surface area contributed by atoms with Gasteiger partial charge in [0.2, 0.25) is 0 Å². The first-order valence-corrected chi connectivity index (χ1v) is 10.8. The molecule has 5 nitrogen and oxygen atoms in total. The molecule has 2 heterocycles. The fourth-order valence-corrected chi connectivity index (χ4v) is 4.99. The van der Waals surface area contributed by atoms with Crippen molar-refractivity contribution in [2.75, 3.05) is 18.6 Å². The van der Waals surface area contributed by atoms with Gasteiger partial charge in [0.15, 0.2) is 15.1 Å². The molecule has 0 saturated carbocycles. The standard InChI is InChI=1S/C12H18ClN3O2S3/c1-19-8-5-3-2-4-6-14-21(17,18)11-10(13)15-12-16(11)7-9-20-12/h7,9,14H,2-6,8H2,1H3. The quantitative estimate of drug-likeness (QED) is 0.691. The monoisotopic (exact) mass is 367 g/mol. The fourth-order valence-electron chi connectivity index (χ4n) is 1.98. The zero-order chi connectivity index (χ0) is 15.3. The van der Waals surface area contributed by atoms with E-state index in [9.17, 15) is 8.42 Å². The van der Waals surface area contributed by atoms with Crippen LogP contribution in [-0.4, -0.2) is 36.4 Å². The maximum absolute atomic E-state index is 12.3. The summed E-state index contributed by atoms with van der Waals surface area (Å²) in [4.78, 5) is 4.62. The van der Waals surface area contributed by atoms with E-state index >= 15 is 0 Å². The summed E-state index contributed by atoms with van der Waals surface area (Å²) in [6, 6.07) is 0. The van der Waals surface area contributed by atoms with E-state index < -0.39 is 10.0 Å². The molecule has 0 radical (unpaired) electrons. The molecule has 0 amide bonds. The Hall–Kier alpha value is -0.280. The largest absolute Gasteiger partial charge is 0.279 e. The lowest BCUT2D eigenvalue weighted by molar-refractivity contribution is 0.569. The van der Waals surface area contributed by atoms with Crippen molar-refractivity contribution in [3.8, 4) is 0 Å². The molecule has 21 heavy (non-hydrogen) atoms. The first kappa shape index (κ1) is 17.1. The number of aromatic nitrogens is 2. The fraction of sp³-hybridized carbons (Fsp3) is 0.583. The van der Waals surface area contributed by atoms with Gasteiger partial charge in [-0.1, -0.05) is 24.4 Å². The summed E-state index contributed by atoms with van der Waals surface area (Å²) in [5.74, 6) is 1.16. The molecule has 0 spiro atoms. The summed E-state index contributed by atoms with van der Waals surface area (Å²) in [5.41, 5.74) is 0. The molecule has 0 bridgehead atoms. The summed E-state index contributed by atoms with van der Waals surface area (Å²) >= 11 is 9.13. The van der Waals surface area contributed by atoms with Gasteiger partial charge in [0.05, 0.1) is 0 Å². The van der Waals surface area contributed by atoms with Gasteiger partial charge in [-0.05, 0) is 24.9 Å². The Bertz CT molecular complexity index is 681. The molecule has 0 aliphatic rings. The zero-order valence-corrected chi connectivity index (χ0v) is 14.9. The van der Waals surface area contributed by atoms with Crippen LogP contribution in [-0.2, 0) is 10.0 Å². The van der Waals surface area contributed by atoms with Crippen LogP contribution < -0.4 is 4.72 Å². The van der Waals surface area contributed by atoms with Gasteiger partial charge in [0, 0.05) is 18.1 Å². The van der Waals surface area contributed by atoms with Crippen LogP contribution in [0.1, 0.15) is 25.7 Å². The highest BCUT2D eigenvalue weighted by atomic mass is 35.5. The van der Waals surface area contributed by atoms with Gasteiger partial charge >= 0.3 is 0 Å². The summed E-state index contributed by atoms with van der Waals surface area (Å²) in [5, 5.41) is 1.83. The number of nitrogens with zero attached hydrogens (tertiary/aromatic N) is 2. The predicted molar refractivity (Wildman–Crippen MR) is 90.1 cm³/mol. The molecule has 0 atom stereocenters. The maximum atomic E-state index is 12.3. The number of thioether (sulfide) groups is 1. The Labute approximate surface area is 138 Å². The van der Waals surface area contributed by atoms with Crippen LogP contribution in [0.15, 0.2) is 16.6 Å². The van der Waals surface area contributed by atoms with Crippen LogP contribution in [0.5, 0.6) is 0 Å². The number of nitrogens with one attached hydrogen (secondary N) is 1. The number of fused-ring (bicyclic) bond motifs is 1. The average molecular weight is 368 g/mol. The molecule has 0 fully saturated rings. The van der Waals surface area contributed by atoms with Crippen molar-refractivity contribution in [2.45, 2.75) is 30.7 Å². The SMILES string of the molecule is CSCCCCCCNS(=O)(=O)c1c(Cl)nc2sccn12. The Balaban J connectivity index is 1.90. The summed E-state index contributed by atoms with van der Waals surface area (Å²) in [6.07, 6.45) is 7.92. The Morgan fingerprint density at radius 2 is 2.14 bits per heavy atom. The van der Waals surface area contributed by atoms with Gasteiger partial charge in [0.25, 0.3) is 10.0 Å². The third-order valence-electron chi connectivity index (χ3n) is 3.00. The third kappa shape index (κ3) is 4.35. The number of imidazole rings is 1. The van der Waals surface area contributed by atoms with Gasteiger partial charge in [-0.3, -0.25) is 4.40 Å². The minimum Gasteiger partial charge on any atom is -0.279 e. The molecule has 1 N–H and O–H groups in total. The summed E-state index contributed by atoms with van der Waals surface area (Å²) < 4.78 is 28.7.